The van der Waals surface area contributed by atoms with Crippen molar-refractivity contribution in [2.75, 3.05) is 14.2 Å². The average Bonchev–Trinajstić information content (AvgIpc) is 2.72. The molecule has 0 saturated heterocycles. The molecule has 2 aliphatic rings. The summed E-state index contributed by atoms with van der Waals surface area (Å²) >= 11 is 0. The molecule has 0 aromatic heterocycles. The molecule has 2 N–H and O–H groups in total. The summed E-state index contributed by atoms with van der Waals surface area (Å²) in [6.45, 7) is 11.9. The predicted octanol–water partition coefficient (Wildman–Crippen LogP) is 5.49. The Bertz CT molecular complexity index is 842. The zero-order chi connectivity index (χ0) is 22.8. The lowest BCUT2D eigenvalue weighted by molar-refractivity contribution is -0.128. The third-order valence-electron chi connectivity index (χ3n) is 7.48. The molecular weight excluding hydrogens is 384 g/mol. The number of hydrogen-bond donors (Lipinski definition) is 2. The molecule has 3 rings (SSSR count). The van der Waals surface area contributed by atoms with Crippen molar-refractivity contribution in [3.05, 3.63) is 34.9 Å². The van der Waals surface area contributed by atoms with E-state index in [-0.39, 0.29) is 11.0 Å². The van der Waals surface area contributed by atoms with E-state index in [1.807, 2.05) is 13.1 Å². The van der Waals surface area contributed by atoms with E-state index < -0.39 is 0 Å². The summed E-state index contributed by atoms with van der Waals surface area (Å²) < 4.78 is 5.67. The molecule has 0 amide bonds. The number of rotatable bonds is 7. The van der Waals surface area contributed by atoms with Gasteiger partial charge in [-0.3, -0.25) is 4.79 Å². The minimum Gasteiger partial charge on any atom is -0.496 e. The quantitative estimate of drug-likeness (QED) is 0.566. The van der Waals surface area contributed by atoms with Crippen LogP contribution in [-0.4, -0.2) is 25.5 Å². The number of nitrogens with one attached hydrogen (secondary N) is 2. The van der Waals surface area contributed by atoms with Gasteiger partial charge in [0, 0.05) is 40.4 Å². The molecular formula is C27H42N2O2. The van der Waals surface area contributed by atoms with E-state index in [2.05, 4.69) is 57.4 Å². The predicted molar refractivity (Wildman–Crippen MR) is 129 cm³/mol. The Morgan fingerprint density at radius 2 is 2.03 bits per heavy atom. The molecule has 172 valence electrons. The van der Waals surface area contributed by atoms with Crippen LogP contribution >= 0.6 is 0 Å². The van der Waals surface area contributed by atoms with E-state index in [9.17, 15) is 4.79 Å². The molecule has 1 heterocycles. The third kappa shape index (κ3) is 5.00. The second-order valence-corrected chi connectivity index (χ2v) is 10.6. The van der Waals surface area contributed by atoms with Crippen LogP contribution in [0.3, 0.4) is 0 Å². The van der Waals surface area contributed by atoms with Crippen LogP contribution in [0.15, 0.2) is 18.2 Å². The zero-order valence-corrected chi connectivity index (χ0v) is 20.7. The molecule has 31 heavy (non-hydrogen) atoms. The summed E-state index contributed by atoms with van der Waals surface area (Å²) in [5.74, 6) is 2.47. The standard InChI is InChI=1S/C27H42N2O2/c1-8-19-10-18(3)14-27(9-2,15-19)25(30)13-23-22-11-21(17-28-6)24(31-7)12-20(22)16-26(4,5)29-23/h11-13,18-19,28-29H,8-10,14-17H2,1-7H3/b23-13-. The lowest BCUT2D eigenvalue weighted by atomic mass is 9.62. The van der Waals surface area contributed by atoms with Gasteiger partial charge in [0.2, 0.25) is 0 Å². The molecule has 0 spiro atoms. The fourth-order valence-electron chi connectivity index (χ4n) is 5.95. The van der Waals surface area contributed by atoms with E-state index in [0.717, 1.165) is 61.2 Å². The summed E-state index contributed by atoms with van der Waals surface area (Å²) in [5, 5.41) is 6.92. The Hall–Kier alpha value is -1.81. The number of ketones is 1. The highest BCUT2D eigenvalue weighted by Gasteiger charge is 2.42. The summed E-state index contributed by atoms with van der Waals surface area (Å²) in [7, 11) is 3.67. The van der Waals surface area contributed by atoms with Gasteiger partial charge in [-0.05, 0) is 82.5 Å². The maximum atomic E-state index is 13.8. The van der Waals surface area contributed by atoms with Gasteiger partial charge in [-0.15, -0.1) is 0 Å². The number of ether oxygens (including phenoxy) is 1. The van der Waals surface area contributed by atoms with Crippen molar-refractivity contribution in [2.24, 2.45) is 17.3 Å². The molecule has 0 radical (unpaired) electrons. The normalized spacial score (nSPS) is 28.7. The summed E-state index contributed by atoms with van der Waals surface area (Å²) in [6, 6.07) is 4.36. The first-order valence-electron chi connectivity index (χ1n) is 12.1. The monoisotopic (exact) mass is 426 g/mol. The molecule has 1 fully saturated rings. The van der Waals surface area contributed by atoms with Crippen LogP contribution in [0.2, 0.25) is 0 Å². The molecule has 1 aliphatic carbocycles. The highest BCUT2D eigenvalue weighted by Crippen LogP contribution is 2.47. The molecule has 1 saturated carbocycles. The van der Waals surface area contributed by atoms with E-state index in [1.165, 1.54) is 12.0 Å². The van der Waals surface area contributed by atoms with E-state index >= 15 is 0 Å². The van der Waals surface area contributed by atoms with E-state index in [0.29, 0.717) is 17.6 Å². The molecule has 4 heteroatoms. The Morgan fingerprint density at radius 1 is 1.29 bits per heavy atom. The zero-order valence-electron chi connectivity index (χ0n) is 20.7. The number of allylic oxidation sites excluding steroid dienone is 1. The largest absolute Gasteiger partial charge is 0.496 e. The molecule has 3 atom stereocenters. The molecule has 3 unspecified atom stereocenters. The van der Waals surface area contributed by atoms with Crippen molar-refractivity contribution in [3.63, 3.8) is 0 Å². The van der Waals surface area contributed by atoms with Gasteiger partial charge in [0.1, 0.15) is 5.75 Å². The van der Waals surface area contributed by atoms with Gasteiger partial charge in [0.05, 0.1) is 7.11 Å². The number of hydrogen-bond acceptors (Lipinski definition) is 4. The number of carbonyl (C=O) groups excluding carboxylic acids is 1. The SMILES string of the molecule is CCC1CC(C)CC(CC)(C(=O)/C=C2\NC(C)(C)Cc3cc(OC)c(CNC)cc32)C1. The van der Waals surface area contributed by atoms with Crippen LogP contribution < -0.4 is 15.4 Å². The lowest BCUT2D eigenvalue weighted by Gasteiger charge is -2.42. The van der Waals surface area contributed by atoms with Crippen LogP contribution in [0.4, 0.5) is 0 Å². The molecule has 1 aliphatic heterocycles. The first-order chi connectivity index (χ1) is 14.7. The number of benzene rings is 1. The Balaban J connectivity index is 2.05. The van der Waals surface area contributed by atoms with E-state index in [4.69, 9.17) is 4.74 Å². The van der Waals surface area contributed by atoms with Crippen LogP contribution in [0.25, 0.3) is 5.70 Å². The fraction of sp³-hybridized carbons (Fsp3) is 0.667. The van der Waals surface area contributed by atoms with Crippen molar-refractivity contribution in [1.29, 1.82) is 0 Å². The first kappa shape index (κ1) is 23.8. The van der Waals surface area contributed by atoms with Crippen LogP contribution in [0.5, 0.6) is 5.75 Å². The van der Waals surface area contributed by atoms with Crippen molar-refractivity contribution in [1.82, 2.24) is 10.6 Å². The number of carbonyl (C=O) groups is 1. The Morgan fingerprint density at radius 3 is 2.65 bits per heavy atom. The lowest BCUT2D eigenvalue weighted by Crippen LogP contribution is -2.44. The van der Waals surface area contributed by atoms with Gasteiger partial charge in [0.15, 0.2) is 5.78 Å². The molecule has 1 aromatic rings. The van der Waals surface area contributed by atoms with Gasteiger partial charge in [-0.1, -0.05) is 27.2 Å². The van der Waals surface area contributed by atoms with Crippen molar-refractivity contribution in [3.8, 4) is 5.75 Å². The summed E-state index contributed by atoms with van der Waals surface area (Å²) in [4.78, 5) is 13.8. The van der Waals surface area contributed by atoms with Gasteiger partial charge in [-0.2, -0.15) is 0 Å². The van der Waals surface area contributed by atoms with Crippen molar-refractivity contribution >= 4 is 11.5 Å². The average molecular weight is 427 g/mol. The fourth-order valence-corrected chi connectivity index (χ4v) is 5.95. The van der Waals surface area contributed by atoms with Crippen molar-refractivity contribution in [2.45, 2.75) is 85.2 Å². The molecule has 1 aromatic carbocycles. The minimum atomic E-state index is -0.227. The van der Waals surface area contributed by atoms with Gasteiger partial charge < -0.3 is 15.4 Å². The Labute approximate surface area is 189 Å². The number of fused-ring (bicyclic) bond motifs is 1. The van der Waals surface area contributed by atoms with Gasteiger partial charge in [0.25, 0.3) is 0 Å². The van der Waals surface area contributed by atoms with Gasteiger partial charge >= 0.3 is 0 Å². The molecule has 0 bridgehead atoms. The van der Waals surface area contributed by atoms with Crippen LogP contribution in [0.1, 0.15) is 83.4 Å². The highest BCUT2D eigenvalue weighted by molar-refractivity contribution is 6.01. The first-order valence-corrected chi connectivity index (χ1v) is 12.1. The Kier molecular flexibility index (Phi) is 7.20. The maximum absolute atomic E-state index is 13.8. The molecule has 4 nitrogen and oxygen atoms in total. The topological polar surface area (TPSA) is 50.4 Å². The van der Waals surface area contributed by atoms with Crippen LogP contribution in [-0.2, 0) is 17.8 Å². The summed E-state index contributed by atoms with van der Waals surface area (Å²) in [5.41, 5.74) is 4.13. The second kappa shape index (κ2) is 9.36. The number of methoxy groups -OCH3 is 1. The third-order valence-corrected chi connectivity index (χ3v) is 7.48. The second-order valence-electron chi connectivity index (χ2n) is 10.6. The van der Waals surface area contributed by atoms with Crippen molar-refractivity contribution < 1.29 is 9.53 Å². The highest BCUT2D eigenvalue weighted by atomic mass is 16.5. The summed E-state index contributed by atoms with van der Waals surface area (Å²) in [6.07, 6.45) is 8.20. The van der Waals surface area contributed by atoms with E-state index in [1.54, 1.807) is 7.11 Å². The van der Waals surface area contributed by atoms with Gasteiger partial charge in [-0.25, -0.2) is 0 Å². The van der Waals surface area contributed by atoms with Crippen LogP contribution in [0, 0.1) is 17.3 Å². The smallest absolute Gasteiger partial charge is 0.163 e. The maximum Gasteiger partial charge on any atom is 0.163 e. The minimum absolute atomic E-state index is 0.111.